The highest BCUT2D eigenvalue weighted by atomic mass is 32.2. The van der Waals surface area contributed by atoms with Crippen LogP contribution in [-0.4, -0.2) is 22.6 Å². The highest BCUT2D eigenvalue weighted by Gasteiger charge is 2.14. The Labute approximate surface area is 96.8 Å². The summed E-state index contributed by atoms with van der Waals surface area (Å²) in [6.45, 7) is 0. The van der Waals surface area contributed by atoms with Crippen molar-refractivity contribution >= 4 is 29.5 Å². The minimum absolute atomic E-state index is 0.469. The van der Waals surface area contributed by atoms with Gasteiger partial charge in [-0.3, -0.25) is 0 Å². The second-order valence-electron chi connectivity index (χ2n) is 3.13. The molecular weight excluding hydrogens is 228 g/mol. The monoisotopic (exact) mass is 238 g/mol. The summed E-state index contributed by atoms with van der Waals surface area (Å²) in [5, 5.41) is 10.9. The summed E-state index contributed by atoms with van der Waals surface area (Å²) in [6.07, 6.45) is 7.80. The summed E-state index contributed by atoms with van der Waals surface area (Å²) in [7, 11) is 0. The lowest BCUT2D eigenvalue weighted by Crippen LogP contribution is -2.06. The van der Waals surface area contributed by atoms with Crippen LogP contribution in [0.5, 0.6) is 0 Å². The van der Waals surface area contributed by atoms with Crippen LogP contribution >= 0.6 is 23.5 Å². The molecule has 0 aromatic heterocycles. The number of allylic oxidation sites excluding steroid dienone is 4. The van der Waals surface area contributed by atoms with Crippen LogP contribution in [0.25, 0.3) is 0 Å². The molecule has 2 heterocycles. The van der Waals surface area contributed by atoms with Crippen LogP contribution in [0.4, 0.5) is 0 Å². The average molecular weight is 238 g/mol. The zero-order valence-corrected chi connectivity index (χ0v) is 9.61. The first kappa shape index (κ1) is 10.6. The molecule has 2 aliphatic rings. The SMILES string of the molecule is O=C(O)C1=CC=C(C2=CSCC=C2)SC1. The molecule has 0 aromatic rings. The summed E-state index contributed by atoms with van der Waals surface area (Å²) in [6, 6.07) is 0. The molecule has 0 saturated heterocycles. The van der Waals surface area contributed by atoms with Gasteiger partial charge in [0.15, 0.2) is 0 Å². The molecule has 1 N–H and O–H groups in total. The lowest BCUT2D eigenvalue weighted by Gasteiger charge is -2.14. The van der Waals surface area contributed by atoms with Crippen molar-refractivity contribution in [1.29, 1.82) is 0 Å². The number of carboxylic acid groups (broad SMARTS) is 1. The molecular formula is C11H10O2S2. The standard InChI is InChI=1S/C11H10O2S2/c12-11(13)9-3-4-10(15-7-9)8-2-1-5-14-6-8/h1-4,6H,5,7H2,(H,12,13). The molecule has 15 heavy (non-hydrogen) atoms. The van der Waals surface area contributed by atoms with Gasteiger partial charge in [-0.2, -0.15) is 0 Å². The van der Waals surface area contributed by atoms with Gasteiger partial charge in [0.05, 0.1) is 0 Å². The number of thioether (sulfide) groups is 2. The van der Waals surface area contributed by atoms with E-state index < -0.39 is 5.97 Å². The van der Waals surface area contributed by atoms with Gasteiger partial charge >= 0.3 is 5.97 Å². The maximum absolute atomic E-state index is 10.7. The Morgan fingerprint density at radius 1 is 1.40 bits per heavy atom. The fourth-order valence-corrected chi connectivity index (χ4v) is 3.04. The molecule has 0 amide bonds. The minimum atomic E-state index is -0.819. The Balaban J connectivity index is 2.16. The topological polar surface area (TPSA) is 37.3 Å². The lowest BCUT2D eigenvalue weighted by molar-refractivity contribution is -0.132. The van der Waals surface area contributed by atoms with E-state index in [9.17, 15) is 4.79 Å². The Bertz CT molecular complexity index is 403. The third-order valence-electron chi connectivity index (χ3n) is 2.08. The summed E-state index contributed by atoms with van der Waals surface area (Å²) >= 11 is 3.35. The van der Waals surface area contributed by atoms with Crippen LogP contribution in [0.1, 0.15) is 0 Å². The molecule has 0 atom stereocenters. The van der Waals surface area contributed by atoms with Crippen molar-refractivity contribution in [3.8, 4) is 0 Å². The van der Waals surface area contributed by atoms with Gasteiger partial charge in [0, 0.05) is 22.0 Å². The molecule has 0 bridgehead atoms. The number of aliphatic carboxylic acids is 1. The van der Waals surface area contributed by atoms with E-state index in [1.165, 1.54) is 5.57 Å². The van der Waals surface area contributed by atoms with Crippen LogP contribution in [0.15, 0.2) is 45.8 Å². The van der Waals surface area contributed by atoms with Gasteiger partial charge in [-0.25, -0.2) is 4.79 Å². The third-order valence-corrected chi connectivity index (χ3v) is 4.02. The van der Waals surface area contributed by atoms with Gasteiger partial charge in [0.2, 0.25) is 0 Å². The van der Waals surface area contributed by atoms with Crippen LogP contribution < -0.4 is 0 Å². The molecule has 0 aromatic carbocycles. The molecule has 2 rings (SSSR count). The summed E-state index contributed by atoms with van der Waals surface area (Å²) in [5.74, 6) is 0.759. The van der Waals surface area contributed by atoms with Crippen LogP contribution in [-0.2, 0) is 4.79 Å². The van der Waals surface area contributed by atoms with Gasteiger partial charge in [0.25, 0.3) is 0 Å². The van der Waals surface area contributed by atoms with Crippen molar-refractivity contribution in [3.63, 3.8) is 0 Å². The molecule has 4 heteroatoms. The van der Waals surface area contributed by atoms with Gasteiger partial charge in [-0.05, 0) is 23.1 Å². The van der Waals surface area contributed by atoms with E-state index in [1.54, 1.807) is 29.6 Å². The van der Waals surface area contributed by atoms with E-state index >= 15 is 0 Å². The minimum Gasteiger partial charge on any atom is -0.478 e. The van der Waals surface area contributed by atoms with Crippen molar-refractivity contribution in [2.24, 2.45) is 0 Å². The first-order valence-electron chi connectivity index (χ1n) is 4.53. The molecule has 0 unspecified atom stereocenters. The first-order chi connectivity index (χ1) is 7.27. The Morgan fingerprint density at radius 2 is 2.27 bits per heavy atom. The second-order valence-corrected chi connectivity index (χ2v) is 5.05. The molecule has 0 radical (unpaired) electrons. The number of hydrogen-bond acceptors (Lipinski definition) is 3. The fourth-order valence-electron chi connectivity index (χ4n) is 1.29. The van der Waals surface area contributed by atoms with Crippen molar-refractivity contribution in [1.82, 2.24) is 0 Å². The van der Waals surface area contributed by atoms with E-state index in [0.717, 1.165) is 10.7 Å². The van der Waals surface area contributed by atoms with Gasteiger partial charge < -0.3 is 5.11 Å². The largest absolute Gasteiger partial charge is 0.478 e. The second kappa shape index (κ2) is 4.77. The van der Waals surface area contributed by atoms with Crippen LogP contribution in [0, 0.1) is 0 Å². The van der Waals surface area contributed by atoms with Crippen molar-refractivity contribution < 1.29 is 9.90 Å². The molecule has 0 aliphatic carbocycles. The van der Waals surface area contributed by atoms with Gasteiger partial charge in [0.1, 0.15) is 0 Å². The van der Waals surface area contributed by atoms with Crippen LogP contribution in [0.2, 0.25) is 0 Å². The summed E-state index contributed by atoms with van der Waals surface area (Å²) in [5.41, 5.74) is 1.66. The van der Waals surface area contributed by atoms with Gasteiger partial charge in [-0.15, -0.1) is 23.5 Å². The maximum Gasteiger partial charge on any atom is 0.332 e. The van der Waals surface area contributed by atoms with Crippen molar-refractivity contribution in [2.75, 3.05) is 11.5 Å². The molecule has 0 spiro atoms. The normalized spacial score (nSPS) is 20.4. The average Bonchev–Trinajstić information content (AvgIpc) is 2.30. The van der Waals surface area contributed by atoms with Crippen molar-refractivity contribution in [3.05, 3.63) is 45.8 Å². The number of hydrogen-bond donors (Lipinski definition) is 1. The molecule has 2 nitrogen and oxygen atoms in total. The van der Waals surface area contributed by atoms with E-state index in [1.807, 2.05) is 6.08 Å². The zero-order chi connectivity index (χ0) is 10.7. The molecule has 0 saturated carbocycles. The number of carboxylic acids is 1. The molecule has 78 valence electrons. The first-order valence-corrected chi connectivity index (χ1v) is 6.56. The lowest BCUT2D eigenvalue weighted by atomic mass is 10.2. The predicted molar refractivity (Wildman–Crippen MR) is 65.9 cm³/mol. The van der Waals surface area contributed by atoms with E-state index in [2.05, 4.69) is 17.6 Å². The van der Waals surface area contributed by atoms with E-state index in [4.69, 9.17) is 5.11 Å². The zero-order valence-electron chi connectivity index (χ0n) is 7.97. The maximum atomic E-state index is 10.7. The third kappa shape index (κ3) is 2.58. The summed E-state index contributed by atoms with van der Waals surface area (Å²) in [4.78, 5) is 11.8. The fraction of sp³-hybridized carbons (Fsp3) is 0.182. The Kier molecular flexibility index (Phi) is 3.38. The highest BCUT2D eigenvalue weighted by Crippen LogP contribution is 2.33. The van der Waals surface area contributed by atoms with Crippen molar-refractivity contribution in [2.45, 2.75) is 0 Å². The van der Waals surface area contributed by atoms with Crippen LogP contribution in [0.3, 0.4) is 0 Å². The smallest absolute Gasteiger partial charge is 0.332 e. The number of carbonyl (C=O) groups is 1. The highest BCUT2D eigenvalue weighted by molar-refractivity contribution is 8.04. The number of rotatable bonds is 2. The summed E-state index contributed by atoms with van der Waals surface area (Å²) < 4.78 is 0. The quantitative estimate of drug-likeness (QED) is 0.802. The molecule has 2 aliphatic heterocycles. The van der Waals surface area contributed by atoms with E-state index in [0.29, 0.717) is 11.3 Å². The molecule has 0 fully saturated rings. The predicted octanol–water partition coefficient (Wildman–Crippen LogP) is 2.82. The Hall–Kier alpha value is -0.870. The van der Waals surface area contributed by atoms with Gasteiger partial charge in [-0.1, -0.05) is 12.2 Å². The Morgan fingerprint density at radius 3 is 2.80 bits per heavy atom. The van der Waals surface area contributed by atoms with E-state index in [-0.39, 0.29) is 0 Å².